The van der Waals surface area contributed by atoms with Gasteiger partial charge >= 0.3 is 0 Å². The minimum absolute atomic E-state index is 0.0344. The summed E-state index contributed by atoms with van der Waals surface area (Å²) in [6, 6.07) is 14.4. The first-order valence-electron chi connectivity index (χ1n) is 9.14. The summed E-state index contributed by atoms with van der Waals surface area (Å²) < 4.78 is 0. The molecule has 5 nitrogen and oxygen atoms in total. The Morgan fingerprint density at radius 1 is 0.962 bits per heavy atom. The number of piperidine rings is 1. The molecule has 2 aromatic carbocycles. The first kappa shape index (κ1) is 18.3. The summed E-state index contributed by atoms with van der Waals surface area (Å²) in [6.07, 6.45) is 2.87. The van der Waals surface area contributed by atoms with E-state index in [-0.39, 0.29) is 29.4 Å². The molecule has 1 fully saturated rings. The predicted octanol–water partition coefficient (Wildman–Crippen LogP) is 2.96. The molecular weight excluding hydrogens is 328 g/mol. The average Bonchev–Trinajstić information content (AvgIpc) is 2.65. The zero-order valence-corrected chi connectivity index (χ0v) is 14.8. The third kappa shape index (κ3) is 4.55. The van der Waals surface area contributed by atoms with Crippen LogP contribution in [-0.4, -0.2) is 40.2 Å². The van der Waals surface area contributed by atoms with E-state index in [2.05, 4.69) is 0 Å². The van der Waals surface area contributed by atoms with Crippen LogP contribution in [0.1, 0.15) is 42.7 Å². The number of likely N-dealkylation sites (tertiary alicyclic amines) is 1. The van der Waals surface area contributed by atoms with Crippen molar-refractivity contribution >= 4 is 5.91 Å². The van der Waals surface area contributed by atoms with Crippen LogP contribution in [0.2, 0.25) is 0 Å². The maximum Gasteiger partial charge on any atom is 0.222 e. The number of rotatable bonds is 5. The second kappa shape index (κ2) is 8.23. The van der Waals surface area contributed by atoms with Gasteiger partial charge in [0, 0.05) is 31.5 Å². The highest BCUT2D eigenvalue weighted by atomic mass is 16.3. The smallest absolute Gasteiger partial charge is 0.222 e. The Kier molecular flexibility index (Phi) is 5.78. The quantitative estimate of drug-likeness (QED) is 0.770. The highest BCUT2D eigenvalue weighted by molar-refractivity contribution is 5.76. The van der Waals surface area contributed by atoms with Crippen molar-refractivity contribution in [1.82, 2.24) is 4.90 Å². The number of carbonyl (C=O) groups is 1. The Balaban J connectivity index is 1.72. The van der Waals surface area contributed by atoms with Gasteiger partial charge in [-0.05, 0) is 54.7 Å². The molecule has 4 N–H and O–H groups in total. The SMILES string of the molecule is NC1CCN(C(=O)CCC(c2ccc(O)cc2)c2ccc(O)cc2)CC1. The van der Waals surface area contributed by atoms with Gasteiger partial charge < -0.3 is 20.8 Å². The molecular formula is C21H26N2O3. The standard InChI is InChI=1S/C21H26N2O3/c22-17-11-13-23(14-12-17)21(26)10-9-20(15-1-5-18(24)6-2-15)16-3-7-19(25)8-4-16/h1-8,17,20,24-25H,9-14,22H2. The largest absolute Gasteiger partial charge is 0.508 e. The van der Waals surface area contributed by atoms with Crippen LogP contribution >= 0.6 is 0 Å². The number of amides is 1. The van der Waals surface area contributed by atoms with Gasteiger partial charge in [-0.2, -0.15) is 0 Å². The highest BCUT2D eigenvalue weighted by Crippen LogP contribution is 2.31. The van der Waals surface area contributed by atoms with Crippen LogP contribution < -0.4 is 5.73 Å². The van der Waals surface area contributed by atoms with Gasteiger partial charge in [0.15, 0.2) is 0 Å². The van der Waals surface area contributed by atoms with Crippen LogP contribution in [0, 0.1) is 0 Å². The molecule has 2 aromatic rings. The van der Waals surface area contributed by atoms with E-state index in [0.29, 0.717) is 12.8 Å². The molecule has 1 aliphatic heterocycles. The summed E-state index contributed by atoms with van der Waals surface area (Å²) in [5.41, 5.74) is 8.00. The fourth-order valence-corrected chi connectivity index (χ4v) is 3.51. The highest BCUT2D eigenvalue weighted by Gasteiger charge is 2.22. The number of phenols is 2. The summed E-state index contributed by atoms with van der Waals surface area (Å²) >= 11 is 0. The maximum atomic E-state index is 12.6. The normalized spacial score (nSPS) is 15.4. The van der Waals surface area contributed by atoms with E-state index in [1.165, 1.54) is 0 Å². The van der Waals surface area contributed by atoms with Gasteiger partial charge in [0.1, 0.15) is 11.5 Å². The zero-order chi connectivity index (χ0) is 18.5. The second-order valence-corrected chi connectivity index (χ2v) is 6.99. The molecule has 0 spiro atoms. The number of hydrogen-bond acceptors (Lipinski definition) is 4. The molecule has 1 aliphatic rings. The first-order chi connectivity index (χ1) is 12.5. The molecule has 0 saturated carbocycles. The molecule has 0 aliphatic carbocycles. The molecule has 138 valence electrons. The summed E-state index contributed by atoms with van der Waals surface area (Å²) in [5.74, 6) is 0.643. The topological polar surface area (TPSA) is 86.8 Å². The van der Waals surface area contributed by atoms with Crippen molar-refractivity contribution in [2.24, 2.45) is 5.73 Å². The molecule has 0 aromatic heterocycles. The Morgan fingerprint density at radius 3 is 1.88 bits per heavy atom. The van der Waals surface area contributed by atoms with E-state index in [1.807, 2.05) is 29.2 Å². The van der Waals surface area contributed by atoms with Crippen molar-refractivity contribution in [3.8, 4) is 11.5 Å². The van der Waals surface area contributed by atoms with E-state index in [0.717, 1.165) is 37.1 Å². The molecule has 1 heterocycles. The number of nitrogens with zero attached hydrogens (tertiary/aromatic N) is 1. The molecule has 0 atom stereocenters. The van der Waals surface area contributed by atoms with Gasteiger partial charge in [-0.1, -0.05) is 24.3 Å². The summed E-state index contributed by atoms with van der Waals surface area (Å²) in [4.78, 5) is 14.5. The average molecular weight is 354 g/mol. The lowest BCUT2D eigenvalue weighted by molar-refractivity contribution is -0.132. The molecule has 3 rings (SSSR count). The van der Waals surface area contributed by atoms with Gasteiger partial charge in [0.05, 0.1) is 0 Å². The van der Waals surface area contributed by atoms with E-state index >= 15 is 0 Å². The third-order valence-electron chi connectivity index (χ3n) is 5.13. The van der Waals surface area contributed by atoms with Crippen molar-refractivity contribution in [2.75, 3.05) is 13.1 Å². The summed E-state index contributed by atoms with van der Waals surface area (Å²) in [6.45, 7) is 1.48. The van der Waals surface area contributed by atoms with Gasteiger partial charge in [0.25, 0.3) is 0 Å². The van der Waals surface area contributed by atoms with Crippen LogP contribution in [-0.2, 0) is 4.79 Å². The number of aromatic hydroxyl groups is 2. The Morgan fingerprint density at radius 2 is 1.42 bits per heavy atom. The van der Waals surface area contributed by atoms with Gasteiger partial charge in [-0.3, -0.25) is 4.79 Å². The number of hydrogen-bond donors (Lipinski definition) is 3. The van der Waals surface area contributed by atoms with Gasteiger partial charge in [0.2, 0.25) is 5.91 Å². The van der Waals surface area contributed by atoms with Crippen LogP contribution in [0.3, 0.4) is 0 Å². The molecule has 1 amide bonds. The first-order valence-corrected chi connectivity index (χ1v) is 9.14. The number of benzene rings is 2. The number of nitrogens with two attached hydrogens (primary N) is 1. The van der Waals surface area contributed by atoms with Crippen LogP contribution in [0.4, 0.5) is 0 Å². The van der Waals surface area contributed by atoms with Crippen molar-refractivity contribution in [3.63, 3.8) is 0 Å². The van der Waals surface area contributed by atoms with Gasteiger partial charge in [-0.25, -0.2) is 0 Å². The van der Waals surface area contributed by atoms with E-state index in [4.69, 9.17) is 5.73 Å². The predicted molar refractivity (Wildman–Crippen MR) is 101 cm³/mol. The monoisotopic (exact) mass is 354 g/mol. The van der Waals surface area contributed by atoms with Crippen molar-refractivity contribution in [1.29, 1.82) is 0 Å². The Hall–Kier alpha value is -2.53. The fourth-order valence-electron chi connectivity index (χ4n) is 3.51. The summed E-state index contributed by atoms with van der Waals surface area (Å²) in [5, 5.41) is 19.1. The minimum Gasteiger partial charge on any atom is -0.508 e. The van der Waals surface area contributed by atoms with E-state index in [1.54, 1.807) is 24.3 Å². The zero-order valence-electron chi connectivity index (χ0n) is 14.8. The Bertz CT molecular complexity index is 674. The molecule has 0 unspecified atom stereocenters. The van der Waals surface area contributed by atoms with Crippen LogP contribution in [0.5, 0.6) is 11.5 Å². The van der Waals surface area contributed by atoms with Crippen molar-refractivity contribution in [2.45, 2.75) is 37.6 Å². The molecule has 0 bridgehead atoms. The van der Waals surface area contributed by atoms with Crippen LogP contribution in [0.15, 0.2) is 48.5 Å². The Labute approximate surface area is 154 Å². The van der Waals surface area contributed by atoms with E-state index < -0.39 is 0 Å². The number of carbonyl (C=O) groups excluding carboxylic acids is 1. The number of phenolic OH excluding ortho intramolecular Hbond substituents is 2. The third-order valence-corrected chi connectivity index (χ3v) is 5.13. The summed E-state index contributed by atoms with van der Waals surface area (Å²) in [7, 11) is 0. The second-order valence-electron chi connectivity index (χ2n) is 6.99. The van der Waals surface area contributed by atoms with E-state index in [9.17, 15) is 15.0 Å². The molecule has 26 heavy (non-hydrogen) atoms. The fraction of sp³-hybridized carbons (Fsp3) is 0.381. The molecule has 1 saturated heterocycles. The lowest BCUT2D eigenvalue weighted by atomic mass is 9.87. The van der Waals surface area contributed by atoms with Crippen LogP contribution in [0.25, 0.3) is 0 Å². The van der Waals surface area contributed by atoms with Crippen molar-refractivity contribution in [3.05, 3.63) is 59.7 Å². The molecule has 0 radical (unpaired) electrons. The molecule has 5 heteroatoms. The maximum absolute atomic E-state index is 12.6. The van der Waals surface area contributed by atoms with Crippen molar-refractivity contribution < 1.29 is 15.0 Å². The minimum atomic E-state index is 0.0344. The lowest BCUT2D eigenvalue weighted by Gasteiger charge is -2.30. The van der Waals surface area contributed by atoms with Gasteiger partial charge in [-0.15, -0.1) is 0 Å². The lowest BCUT2D eigenvalue weighted by Crippen LogP contribution is -2.42.